The fraction of sp³-hybridized carbons (Fsp3) is 0.714. The van der Waals surface area contributed by atoms with E-state index in [1.807, 2.05) is 25.8 Å². The highest BCUT2D eigenvalue weighted by Crippen LogP contribution is 2.05. The average Bonchev–Trinajstić information content (AvgIpc) is 2.27. The quantitative estimate of drug-likeness (QED) is 0.471. The molecular formula is C14H25NO4. The molecule has 0 spiro atoms. The molecule has 0 radical (unpaired) electrons. The zero-order valence-electron chi connectivity index (χ0n) is 12.6. The van der Waals surface area contributed by atoms with E-state index in [0.29, 0.717) is 18.9 Å². The third-order valence-electron chi connectivity index (χ3n) is 2.67. The van der Waals surface area contributed by atoms with E-state index in [1.165, 1.54) is 6.92 Å². The number of nitrogens with zero attached hydrogens (tertiary/aromatic N) is 1. The van der Waals surface area contributed by atoms with Gasteiger partial charge in [-0.1, -0.05) is 20.4 Å². The fourth-order valence-electron chi connectivity index (χ4n) is 1.31. The predicted molar refractivity (Wildman–Crippen MR) is 73.7 cm³/mol. The third-order valence-corrected chi connectivity index (χ3v) is 2.67. The van der Waals surface area contributed by atoms with E-state index in [1.54, 1.807) is 6.92 Å². The molecule has 1 atom stereocenters. The maximum absolute atomic E-state index is 11.7. The minimum atomic E-state index is -0.344. The number of esters is 1. The van der Waals surface area contributed by atoms with E-state index >= 15 is 0 Å². The maximum Gasteiger partial charge on any atom is 0.302 e. The van der Waals surface area contributed by atoms with Crippen molar-refractivity contribution in [1.82, 2.24) is 4.90 Å². The Morgan fingerprint density at radius 2 is 1.68 bits per heavy atom. The summed E-state index contributed by atoms with van der Waals surface area (Å²) in [5, 5.41) is 0. The molecule has 0 aromatic rings. The minimum absolute atomic E-state index is 0.0149. The zero-order chi connectivity index (χ0) is 15.0. The van der Waals surface area contributed by atoms with Crippen molar-refractivity contribution in [3.63, 3.8) is 0 Å². The van der Waals surface area contributed by atoms with Gasteiger partial charge in [0.05, 0.1) is 18.3 Å². The summed E-state index contributed by atoms with van der Waals surface area (Å²) >= 11 is 0. The molecule has 0 amide bonds. The van der Waals surface area contributed by atoms with Crippen LogP contribution >= 0.6 is 0 Å². The molecule has 0 saturated heterocycles. The van der Waals surface area contributed by atoms with Crippen LogP contribution in [0, 0.1) is 5.92 Å². The van der Waals surface area contributed by atoms with Gasteiger partial charge in [-0.05, 0) is 14.0 Å². The Labute approximate surface area is 115 Å². The lowest BCUT2D eigenvalue weighted by Gasteiger charge is -2.27. The van der Waals surface area contributed by atoms with Gasteiger partial charge >= 0.3 is 5.97 Å². The molecule has 5 heteroatoms. The number of carbonyl (C=O) groups excluding carboxylic acids is 2. The molecule has 5 nitrogen and oxygen atoms in total. The lowest BCUT2D eigenvalue weighted by molar-refractivity contribution is -0.143. The van der Waals surface area contributed by atoms with E-state index in [0.717, 1.165) is 0 Å². The molecule has 0 aromatic carbocycles. The SMILES string of the molecule is C=C(C)OCC(COC(C)=O)N(C)CC(=O)C(C)C. The topological polar surface area (TPSA) is 55.8 Å². The van der Waals surface area contributed by atoms with Crippen molar-refractivity contribution in [2.45, 2.75) is 33.7 Å². The first kappa shape index (κ1) is 17.6. The molecule has 0 aliphatic heterocycles. The molecule has 110 valence electrons. The molecule has 0 heterocycles. The van der Waals surface area contributed by atoms with Crippen LogP contribution in [0.1, 0.15) is 27.7 Å². The minimum Gasteiger partial charge on any atom is -0.497 e. The zero-order valence-corrected chi connectivity index (χ0v) is 12.6. The van der Waals surface area contributed by atoms with Crippen LogP contribution in [0.25, 0.3) is 0 Å². The van der Waals surface area contributed by atoms with Crippen LogP contribution in [0.15, 0.2) is 12.3 Å². The van der Waals surface area contributed by atoms with E-state index in [2.05, 4.69) is 6.58 Å². The van der Waals surface area contributed by atoms with Gasteiger partial charge in [-0.15, -0.1) is 0 Å². The molecule has 0 saturated carbocycles. The Balaban J connectivity index is 4.47. The van der Waals surface area contributed by atoms with Crippen LogP contribution in [-0.2, 0) is 19.1 Å². The molecule has 0 aliphatic carbocycles. The van der Waals surface area contributed by atoms with Crippen LogP contribution in [0.3, 0.4) is 0 Å². The summed E-state index contributed by atoms with van der Waals surface area (Å²) in [6.07, 6.45) is 0. The van der Waals surface area contributed by atoms with Gasteiger partial charge < -0.3 is 9.47 Å². The molecule has 0 N–H and O–H groups in total. The summed E-state index contributed by atoms with van der Waals surface area (Å²) in [5.74, 6) is 0.379. The molecule has 0 fully saturated rings. The van der Waals surface area contributed by atoms with Crippen molar-refractivity contribution >= 4 is 11.8 Å². The first-order valence-electron chi connectivity index (χ1n) is 6.38. The van der Waals surface area contributed by atoms with Gasteiger partial charge in [-0.25, -0.2) is 0 Å². The van der Waals surface area contributed by atoms with Gasteiger partial charge in [0.15, 0.2) is 0 Å². The van der Waals surface area contributed by atoms with Crippen molar-refractivity contribution in [2.75, 3.05) is 26.8 Å². The van der Waals surface area contributed by atoms with Crippen molar-refractivity contribution in [2.24, 2.45) is 5.92 Å². The number of hydrogen-bond acceptors (Lipinski definition) is 5. The first-order valence-corrected chi connectivity index (χ1v) is 6.38. The van der Waals surface area contributed by atoms with E-state index < -0.39 is 0 Å². The summed E-state index contributed by atoms with van der Waals surface area (Å²) in [6, 6.07) is -0.164. The van der Waals surface area contributed by atoms with E-state index in [9.17, 15) is 9.59 Å². The van der Waals surface area contributed by atoms with Crippen molar-refractivity contribution in [1.29, 1.82) is 0 Å². The first-order chi connectivity index (χ1) is 8.73. The predicted octanol–water partition coefficient (Wildman–Crippen LogP) is 1.63. The molecule has 0 bridgehead atoms. The summed E-state index contributed by atoms with van der Waals surface area (Å²) in [6.45, 7) is 11.3. The molecule has 0 rings (SSSR count). The number of rotatable bonds is 9. The maximum atomic E-state index is 11.7. The number of Topliss-reactive ketones (excluding diaryl/α,β-unsaturated/α-hetero) is 1. The molecule has 1 unspecified atom stereocenters. The summed E-state index contributed by atoms with van der Waals surface area (Å²) < 4.78 is 10.4. The molecule has 0 aliphatic rings. The highest BCUT2D eigenvalue weighted by Gasteiger charge is 2.20. The number of carbonyl (C=O) groups is 2. The van der Waals surface area contributed by atoms with Gasteiger partial charge in [0.1, 0.15) is 19.0 Å². The number of ether oxygens (including phenoxy) is 2. The van der Waals surface area contributed by atoms with Gasteiger partial charge in [0.2, 0.25) is 0 Å². The summed E-state index contributed by atoms with van der Waals surface area (Å²) in [5.41, 5.74) is 0. The van der Waals surface area contributed by atoms with Crippen molar-refractivity contribution in [3.8, 4) is 0 Å². The van der Waals surface area contributed by atoms with Crippen LogP contribution in [0.4, 0.5) is 0 Å². The summed E-state index contributed by atoms with van der Waals surface area (Å²) in [7, 11) is 1.82. The van der Waals surface area contributed by atoms with Gasteiger partial charge in [0.25, 0.3) is 0 Å². The Hall–Kier alpha value is -1.36. The second-order valence-electron chi connectivity index (χ2n) is 5.01. The highest BCUT2D eigenvalue weighted by atomic mass is 16.5. The van der Waals surface area contributed by atoms with Crippen LogP contribution in [-0.4, -0.2) is 49.5 Å². The van der Waals surface area contributed by atoms with Gasteiger partial charge in [-0.3, -0.25) is 14.5 Å². The van der Waals surface area contributed by atoms with Crippen LogP contribution < -0.4 is 0 Å². The van der Waals surface area contributed by atoms with Gasteiger partial charge in [0, 0.05) is 12.8 Å². The van der Waals surface area contributed by atoms with E-state index in [-0.39, 0.29) is 30.3 Å². The Morgan fingerprint density at radius 3 is 2.11 bits per heavy atom. The second-order valence-corrected chi connectivity index (χ2v) is 5.01. The number of allylic oxidation sites excluding steroid dienone is 1. The van der Waals surface area contributed by atoms with Crippen molar-refractivity contribution < 1.29 is 19.1 Å². The number of ketones is 1. The van der Waals surface area contributed by atoms with E-state index in [4.69, 9.17) is 9.47 Å². The smallest absolute Gasteiger partial charge is 0.302 e. The fourth-order valence-corrected chi connectivity index (χ4v) is 1.31. The normalized spacial score (nSPS) is 12.4. The Morgan fingerprint density at radius 1 is 1.16 bits per heavy atom. The monoisotopic (exact) mass is 271 g/mol. The van der Waals surface area contributed by atoms with Crippen molar-refractivity contribution in [3.05, 3.63) is 12.3 Å². The molecule has 19 heavy (non-hydrogen) atoms. The van der Waals surface area contributed by atoms with Crippen LogP contribution in [0.2, 0.25) is 0 Å². The summed E-state index contributed by atoms with van der Waals surface area (Å²) in [4.78, 5) is 24.4. The largest absolute Gasteiger partial charge is 0.497 e. The average molecular weight is 271 g/mol. The standard InChI is InChI=1S/C14H25NO4/c1-10(2)14(17)7-15(6)13(8-18-11(3)4)9-19-12(5)16/h10,13H,3,7-9H2,1-2,4-6H3. The third kappa shape index (κ3) is 8.37. The Kier molecular flexibility index (Phi) is 8.07. The lowest BCUT2D eigenvalue weighted by Crippen LogP contribution is -2.43. The number of hydrogen-bond donors (Lipinski definition) is 0. The molecular weight excluding hydrogens is 246 g/mol. The highest BCUT2D eigenvalue weighted by molar-refractivity contribution is 5.82. The second kappa shape index (κ2) is 8.69. The Bertz CT molecular complexity index is 307. The number of likely N-dealkylation sites (N-methyl/N-ethyl adjacent to an activating group) is 1. The van der Waals surface area contributed by atoms with Crippen LogP contribution in [0.5, 0.6) is 0 Å². The van der Waals surface area contributed by atoms with Gasteiger partial charge in [-0.2, -0.15) is 0 Å². The lowest BCUT2D eigenvalue weighted by atomic mass is 10.1. The molecule has 0 aromatic heterocycles.